The van der Waals surface area contributed by atoms with Gasteiger partial charge < -0.3 is 19.4 Å². The minimum Gasteiger partial charge on any atom is -0.385 e. The Bertz CT molecular complexity index is 246. The number of piperazine rings is 1. The van der Waals surface area contributed by atoms with Crippen LogP contribution in [0.1, 0.15) is 26.2 Å². The molecule has 0 aromatic rings. The van der Waals surface area contributed by atoms with Gasteiger partial charge in [0.25, 0.3) is 0 Å². The third-order valence-corrected chi connectivity index (χ3v) is 4.96. The van der Waals surface area contributed by atoms with Gasteiger partial charge in [-0.3, -0.25) is 0 Å². The van der Waals surface area contributed by atoms with Crippen LogP contribution in [-0.2, 0) is 4.74 Å². The largest absolute Gasteiger partial charge is 0.385 e. The number of rotatable bonds is 7. The van der Waals surface area contributed by atoms with E-state index in [0.29, 0.717) is 0 Å². The molecular formula is C16H33N3O. The van der Waals surface area contributed by atoms with Crippen LogP contribution in [0.15, 0.2) is 0 Å². The van der Waals surface area contributed by atoms with Gasteiger partial charge in [-0.15, -0.1) is 0 Å². The van der Waals surface area contributed by atoms with Crippen LogP contribution in [0.4, 0.5) is 0 Å². The van der Waals surface area contributed by atoms with E-state index in [1.54, 1.807) is 7.11 Å². The van der Waals surface area contributed by atoms with Crippen LogP contribution in [-0.4, -0.2) is 87.3 Å². The molecule has 2 aliphatic rings. The fourth-order valence-corrected chi connectivity index (χ4v) is 3.48. The number of ether oxygens (including phenoxy) is 1. The van der Waals surface area contributed by atoms with E-state index < -0.39 is 0 Å². The van der Waals surface area contributed by atoms with E-state index in [-0.39, 0.29) is 0 Å². The Morgan fingerprint density at radius 3 is 2.15 bits per heavy atom. The van der Waals surface area contributed by atoms with Crippen molar-refractivity contribution in [2.45, 2.75) is 26.2 Å². The highest BCUT2D eigenvalue weighted by Gasteiger charge is 2.23. The third kappa shape index (κ3) is 5.32. The lowest BCUT2D eigenvalue weighted by molar-refractivity contribution is 0.0898. The Labute approximate surface area is 125 Å². The summed E-state index contributed by atoms with van der Waals surface area (Å²) >= 11 is 0. The summed E-state index contributed by atoms with van der Waals surface area (Å²) in [5, 5.41) is 0. The molecule has 2 heterocycles. The number of hydrogen-bond donors (Lipinski definition) is 0. The van der Waals surface area contributed by atoms with E-state index in [0.717, 1.165) is 12.5 Å². The molecule has 2 fully saturated rings. The third-order valence-electron chi connectivity index (χ3n) is 4.96. The van der Waals surface area contributed by atoms with Gasteiger partial charge in [0.05, 0.1) is 0 Å². The van der Waals surface area contributed by atoms with E-state index >= 15 is 0 Å². The van der Waals surface area contributed by atoms with E-state index in [4.69, 9.17) is 4.74 Å². The molecule has 2 rings (SSSR count). The van der Waals surface area contributed by atoms with Gasteiger partial charge in [-0.25, -0.2) is 0 Å². The molecule has 2 aliphatic heterocycles. The van der Waals surface area contributed by atoms with Crippen LogP contribution in [0.2, 0.25) is 0 Å². The molecule has 0 unspecified atom stereocenters. The van der Waals surface area contributed by atoms with E-state index in [2.05, 4.69) is 21.6 Å². The number of piperidine rings is 1. The number of nitrogens with zero attached hydrogens (tertiary/aromatic N) is 3. The molecule has 0 aromatic heterocycles. The average Bonchev–Trinajstić information content (AvgIpc) is 2.50. The number of likely N-dealkylation sites (tertiary alicyclic amines) is 1. The van der Waals surface area contributed by atoms with E-state index in [1.165, 1.54) is 78.2 Å². The molecule has 118 valence electrons. The molecule has 0 saturated carbocycles. The summed E-state index contributed by atoms with van der Waals surface area (Å²) in [6, 6.07) is 0. The average molecular weight is 283 g/mol. The molecule has 0 spiro atoms. The molecule has 20 heavy (non-hydrogen) atoms. The minimum absolute atomic E-state index is 0.899. The van der Waals surface area contributed by atoms with Crippen molar-refractivity contribution in [1.29, 1.82) is 0 Å². The van der Waals surface area contributed by atoms with Crippen molar-refractivity contribution in [3.05, 3.63) is 0 Å². The maximum atomic E-state index is 5.13. The van der Waals surface area contributed by atoms with Gasteiger partial charge >= 0.3 is 0 Å². The summed E-state index contributed by atoms with van der Waals surface area (Å²) < 4.78 is 5.13. The van der Waals surface area contributed by atoms with E-state index in [1.807, 2.05) is 0 Å². The Morgan fingerprint density at radius 2 is 1.55 bits per heavy atom. The fourth-order valence-electron chi connectivity index (χ4n) is 3.48. The second-order valence-corrected chi connectivity index (χ2v) is 6.37. The van der Waals surface area contributed by atoms with Crippen molar-refractivity contribution in [1.82, 2.24) is 14.7 Å². The maximum absolute atomic E-state index is 5.13. The van der Waals surface area contributed by atoms with Gasteiger partial charge in [-0.05, 0) is 44.8 Å². The van der Waals surface area contributed by atoms with Gasteiger partial charge in [-0.1, -0.05) is 6.92 Å². The first-order valence-electron chi connectivity index (χ1n) is 8.47. The highest BCUT2D eigenvalue weighted by molar-refractivity contribution is 4.78. The van der Waals surface area contributed by atoms with Gasteiger partial charge in [0.15, 0.2) is 0 Å². The normalized spacial score (nSPS) is 24.3. The van der Waals surface area contributed by atoms with Crippen molar-refractivity contribution >= 4 is 0 Å². The van der Waals surface area contributed by atoms with Crippen molar-refractivity contribution in [3.8, 4) is 0 Å². The quantitative estimate of drug-likeness (QED) is 0.657. The van der Waals surface area contributed by atoms with Crippen LogP contribution in [0.3, 0.4) is 0 Å². The standard InChI is InChI=1S/C16H33N3O/c1-3-17-8-5-16(6-9-17)15-19-12-10-18(11-13-19)7-4-14-20-2/h16H,3-15H2,1-2H3. The van der Waals surface area contributed by atoms with Gasteiger partial charge in [-0.2, -0.15) is 0 Å². The number of methoxy groups -OCH3 is 1. The van der Waals surface area contributed by atoms with Crippen molar-refractivity contribution in [2.75, 3.05) is 72.6 Å². The van der Waals surface area contributed by atoms with Crippen molar-refractivity contribution in [2.24, 2.45) is 5.92 Å². The van der Waals surface area contributed by atoms with Gasteiger partial charge in [0.1, 0.15) is 0 Å². The Balaban J connectivity index is 1.58. The first-order chi connectivity index (χ1) is 9.81. The summed E-state index contributed by atoms with van der Waals surface area (Å²) in [6.45, 7) is 14.6. The smallest absolute Gasteiger partial charge is 0.0474 e. The predicted octanol–water partition coefficient (Wildman–Crippen LogP) is 1.37. The molecule has 0 amide bonds. The molecule has 4 nitrogen and oxygen atoms in total. The molecule has 0 bridgehead atoms. The summed E-state index contributed by atoms with van der Waals surface area (Å²) in [5.41, 5.74) is 0. The Morgan fingerprint density at radius 1 is 0.900 bits per heavy atom. The molecule has 0 radical (unpaired) electrons. The highest BCUT2D eigenvalue weighted by Crippen LogP contribution is 2.18. The summed E-state index contributed by atoms with van der Waals surface area (Å²) in [4.78, 5) is 7.87. The molecule has 0 N–H and O–H groups in total. The first-order valence-corrected chi connectivity index (χ1v) is 8.47. The molecule has 4 heteroatoms. The van der Waals surface area contributed by atoms with Crippen molar-refractivity contribution in [3.63, 3.8) is 0 Å². The van der Waals surface area contributed by atoms with E-state index in [9.17, 15) is 0 Å². The van der Waals surface area contributed by atoms with Crippen LogP contribution in [0, 0.1) is 5.92 Å². The highest BCUT2D eigenvalue weighted by atomic mass is 16.5. The zero-order valence-electron chi connectivity index (χ0n) is 13.5. The lowest BCUT2D eigenvalue weighted by Crippen LogP contribution is -2.49. The zero-order valence-corrected chi connectivity index (χ0v) is 13.5. The molecule has 0 aromatic carbocycles. The summed E-state index contributed by atoms with van der Waals surface area (Å²) in [7, 11) is 1.79. The Hall–Kier alpha value is -0.160. The van der Waals surface area contributed by atoms with Crippen LogP contribution < -0.4 is 0 Å². The van der Waals surface area contributed by atoms with Gasteiger partial charge in [0, 0.05) is 53.0 Å². The molecular weight excluding hydrogens is 250 g/mol. The lowest BCUT2D eigenvalue weighted by atomic mass is 9.96. The number of hydrogen-bond acceptors (Lipinski definition) is 4. The topological polar surface area (TPSA) is 19.0 Å². The Kier molecular flexibility index (Phi) is 7.28. The summed E-state index contributed by atoms with van der Waals surface area (Å²) in [6.07, 6.45) is 3.98. The van der Waals surface area contributed by atoms with Gasteiger partial charge in [0.2, 0.25) is 0 Å². The predicted molar refractivity (Wildman–Crippen MR) is 84.2 cm³/mol. The lowest BCUT2D eigenvalue weighted by Gasteiger charge is -2.38. The fraction of sp³-hybridized carbons (Fsp3) is 1.00. The molecule has 2 saturated heterocycles. The second-order valence-electron chi connectivity index (χ2n) is 6.37. The van der Waals surface area contributed by atoms with Crippen LogP contribution >= 0.6 is 0 Å². The molecule has 0 atom stereocenters. The SMILES string of the molecule is CCN1CCC(CN2CCN(CCCOC)CC2)CC1. The second kappa shape index (κ2) is 8.98. The van der Waals surface area contributed by atoms with Crippen LogP contribution in [0.25, 0.3) is 0 Å². The monoisotopic (exact) mass is 283 g/mol. The maximum Gasteiger partial charge on any atom is 0.0474 e. The minimum atomic E-state index is 0.899. The summed E-state index contributed by atoms with van der Waals surface area (Å²) in [5.74, 6) is 0.942. The molecule has 0 aliphatic carbocycles. The zero-order chi connectivity index (χ0) is 14.2. The van der Waals surface area contributed by atoms with Crippen LogP contribution in [0.5, 0.6) is 0 Å². The van der Waals surface area contributed by atoms with Crippen molar-refractivity contribution < 1.29 is 4.74 Å². The first kappa shape index (κ1) is 16.2.